The Bertz CT molecular complexity index is 445. The first-order chi connectivity index (χ1) is 8.90. The van der Waals surface area contributed by atoms with E-state index in [1.165, 1.54) is 47.9 Å². The molecule has 1 atom stereocenters. The molecule has 0 bridgehead atoms. The summed E-state index contributed by atoms with van der Waals surface area (Å²) in [5.74, 6) is 0. The van der Waals surface area contributed by atoms with E-state index in [1.807, 2.05) is 0 Å². The van der Waals surface area contributed by atoms with Crippen molar-refractivity contribution in [1.82, 2.24) is 5.32 Å². The number of rotatable bonds is 3. The Labute approximate surface area is 118 Å². The molecule has 0 spiro atoms. The first-order valence-electron chi connectivity index (χ1n) is 7.70. The number of nitrogens with one attached hydrogen (secondary N) is 1. The van der Waals surface area contributed by atoms with Crippen LogP contribution >= 0.6 is 0 Å². The van der Waals surface area contributed by atoms with Crippen molar-refractivity contribution in [3.8, 4) is 0 Å². The maximum Gasteiger partial charge on any atom is 0.0211 e. The van der Waals surface area contributed by atoms with Crippen LogP contribution in [-0.2, 0) is 6.54 Å². The van der Waals surface area contributed by atoms with Crippen LogP contribution in [0.15, 0.2) is 12.1 Å². The quantitative estimate of drug-likeness (QED) is 0.831. The minimum absolute atomic E-state index is 0.450. The van der Waals surface area contributed by atoms with E-state index in [-0.39, 0.29) is 0 Å². The molecule has 1 aromatic carbocycles. The smallest absolute Gasteiger partial charge is 0.0211 e. The third kappa shape index (κ3) is 3.39. The van der Waals surface area contributed by atoms with Crippen LogP contribution < -0.4 is 5.32 Å². The summed E-state index contributed by atoms with van der Waals surface area (Å²) in [5, 5.41) is 3.82. The molecule has 0 saturated heterocycles. The van der Waals surface area contributed by atoms with Crippen molar-refractivity contribution >= 4 is 0 Å². The third-order valence-corrected chi connectivity index (χ3v) is 5.00. The summed E-state index contributed by atoms with van der Waals surface area (Å²) < 4.78 is 0. The van der Waals surface area contributed by atoms with E-state index in [0.717, 1.165) is 6.54 Å². The average molecular weight is 259 g/mol. The van der Waals surface area contributed by atoms with Gasteiger partial charge in [-0.1, -0.05) is 38.8 Å². The van der Waals surface area contributed by atoms with Crippen molar-refractivity contribution in [3.63, 3.8) is 0 Å². The van der Waals surface area contributed by atoms with E-state index in [2.05, 4.69) is 52.1 Å². The number of benzene rings is 1. The fourth-order valence-electron chi connectivity index (χ4n) is 3.32. The molecular formula is C18H29N. The first kappa shape index (κ1) is 14.6. The molecule has 1 aromatic rings. The van der Waals surface area contributed by atoms with Crippen molar-refractivity contribution < 1.29 is 0 Å². The zero-order chi connectivity index (χ0) is 14.0. The summed E-state index contributed by atoms with van der Waals surface area (Å²) in [6.07, 6.45) is 5.47. The fourth-order valence-corrected chi connectivity index (χ4v) is 3.32. The van der Waals surface area contributed by atoms with Gasteiger partial charge >= 0.3 is 0 Å². The largest absolute Gasteiger partial charge is 0.309 e. The Hall–Kier alpha value is -0.820. The van der Waals surface area contributed by atoms with Crippen LogP contribution in [0.4, 0.5) is 0 Å². The molecule has 0 aliphatic heterocycles. The maximum absolute atomic E-state index is 3.82. The molecule has 1 fully saturated rings. The predicted molar refractivity (Wildman–Crippen MR) is 83.5 cm³/mol. The van der Waals surface area contributed by atoms with E-state index >= 15 is 0 Å². The lowest BCUT2D eigenvalue weighted by Crippen LogP contribution is -2.43. The van der Waals surface area contributed by atoms with Crippen LogP contribution in [0.3, 0.4) is 0 Å². The topological polar surface area (TPSA) is 12.0 Å². The summed E-state index contributed by atoms with van der Waals surface area (Å²) in [7, 11) is 0. The molecule has 1 saturated carbocycles. The molecular weight excluding hydrogens is 230 g/mol. The molecule has 106 valence electrons. The van der Waals surface area contributed by atoms with Gasteiger partial charge in [0.15, 0.2) is 0 Å². The van der Waals surface area contributed by atoms with Crippen LogP contribution in [0.2, 0.25) is 0 Å². The summed E-state index contributed by atoms with van der Waals surface area (Å²) in [6.45, 7) is 12.5. The Balaban J connectivity index is 2.04. The van der Waals surface area contributed by atoms with Gasteiger partial charge in [-0.2, -0.15) is 0 Å². The Kier molecular flexibility index (Phi) is 4.35. The normalized spacial score (nSPS) is 22.5. The van der Waals surface area contributed by atoms with Crippen LogP contribution in [0, 0.1) is 26.2 Å². The summed E-state index contributed by atoms with van der Waals surface area (Å²) in [6, 6.07) is 5.34. The molecule has 0 amide bonds. The zero-order valence-electron chi connectivity index (χ0n) is 13.3. The molecule has 0 aromatic heterocycles. The highest BCUT2D eigenvalue weighted by Gasteiger charge is 2.31. The number of hydrogen-bond acceptors (Lipinski definition) is 1. The van der Waals surface area contributed by atoms with Gasteiger partial charge in [-0.25, -0.2) is 0 Å². The van der Waals surface area contributed by atoms with Crippen molar-refractivity contribution in [1.29, 1.82) is 0 Å². The van der Waals surface area contributed by atoms with Crippen LogP contribution in [0.25, 0.3) is 0 Å². The van der Waals surface area contributed by atoms with Gasteiger partial charge in [0.25, 0.3) is 0 Å². The van der Waals surface area contributed by atoms with E-state index in [1.54, 1.807) is 0 Å². The minimum atomic E-state index is 0.450. The summed E-state index contributed by atoms with van der Waals surface area (Å²) in [5.41, 5.74) is 6.14. The molecule has 1 aliphatic rings. The Morgan fingerprint density at radius 2 is 1.74 bits per heavy atom. The summed E-state index contributed by atoms with van der Waals surface area (Å²) >= 11 is 0. The molecule has 0 radical (unpaired) electrons. The molecule has 1 unspecified atom stereocenters. The highest BCUT2D eigenvalue weighted by atomic mass is 14.9. The minimum Gasteiger partial charge on any atom is -0.309 e. The number of aryl methyl sites for hydroxylation is 3. The standard InChI is InChI=1S/C18H29N/c1-13-10-15(3)16(11-14(13)2)12-19-17-8-6-7-9-18(17,4)5/h10-11,17,19H,6-9,12H2,1-5H3. The van der Waals surface area contributed by atoms with E-state index in [9.17, 15) is 0 Å². The van der Waals surface area contributed by atoms with Crippen molar-refractivity contribution in [2.75, 3.05) is 0 Å². The van der Waals surface area contributed by atoms with Gasteiger partial charge < -0.3 is 5.32 Å². The van der Waals surface area contributed by atoms with E-state index in [0.29, 0.717) is 11.5 Å². The Morgan fingerprint density at radius 3 is 2.42 bits per heavy atom. The number of hydrogen-bond donors (Lipinski definition) is 1. The molecule has 1 N–H and O–H groups in total. The van der Waals surface area contributed by atoms with E-state index in [4.69, 9.17) is 0 Å². The van der Waals surface area contributed by atoms with Gasteiger partial charge in [0, 0.05) is 12.6 Å². The Morgan fingerprint density at radius 1 is 1.05 bits per heavy atom. The van der Waals surface area contributed by atoms with Crippen LogP contribution in [0.1, 0.15) is 61.8 Å². The zero-order valence-corrected chi connectivity index (χ0v) is 13.3. The molecule has 19 heavy (non-hydrogen) atoms. The molecule has 2 rings (SSSR count). The van der Waals surface area contributed by atoms with Crippen molar-refractivity contribution in [2.45, 2.75) is 72.9 Å². The van der Waals surface area contributed by atoms with E-state index < -0.39 is 0 Å². The fraction of sp³-hybridized carbons (Fsp3) is 0.667. The van der Waals surface area contributed by atoms with Gasteiger partial charge in [-0.15, -0.1) is 0 Å². The lowest BCUT2D eigenvalue weighted by Gasteiger charge is -2.39. The second kappa shape index (κ2) is 5.66. The molecule has 1 aliphatic carbocycles. The molecule has 1 nitrogen and oxygen atoms in total. The predicted octanol–water partition coefficient (Wildman–Crippen LogP) is 4.67. The first-order valence-corrected chi connectivity index (χ1v) is 7.70. The highest BCUT2D eigenvalue weighted by Crippen LogP contribution is 2.35. The molecule has 1 heteroatoms. The summed E-state index contributed by atoms with van der Waals surface area (Å²) in [4.78, 5) is 0. The maximum atomic E-state index is 3.82. The van der Waals surface area contributed by atoms with Crippen molar-refractivity contribution in [3.05, 3.63) is 34.4 Å². The average Bonchev–Trinajstić information content (AvgIpc) is 2.33. The molecule has 0 heterocycles. The lowest BCUT2D eigenvalue weighted by molar-refractivity contribution is 0.166. The highest BCUT2D eigenvalue weighted by molar-refractivity contribution is 5.36. The second-order valence-corrected chi connectivity index (χ2v) is 7.03. The van der Waals surface area contributed by atoms with Crippen molar-refractivity contribution in [2.24, 2.45) is 5.41 Å². The monoisotopic (exact) mass is 259 g/mol. The van der Waals surface area contributed by atoms with Gasteiger partial charge in [-0.05, 0) is 61.3 Å². The SMILES string of the molecule is Cc1cc(C)c(CNC2CCCCC2(C)C)cc1C. The van der Waals surface area contributed by atoms with Gasteiger partial charge in [0.2, 0.25) is 0 Å². The van der Waals surface area contributed by atoms with Crippen LogP contribution in [0.5, 0.6) is 0 Å². The van der Waals surface area contributed by atoms with Gasteiger partial charge in [-0.3, -0.25) is 0 Å². The third-order valence-electron chi connectivity index (χ3n) is 5.00. The van der Waals surface area contributed by atoms with Crippen LogP contribution in [-0.4, -0.2) is 6.04 Å². The second-order valence-electron chi connectivity index (χ2n) is 7.03. The van der Waals surface area contributed by atoms with Gasteiger partial charge in [0.1, 0.15) is 0 Å². The lowest BCUT2D eigenvalue weighted by atomic mass is 9.73. The van der Waals surface area contributed by atoms with Gasteiger partial charge in [0.05, 0.1) is 0 Å².